The number of carboxylic acids is 1. The van der Waals surface area contributed by atoms with Gasteiger partial charge >= 0.3 is 5.97 Å². The van der Waals surface area contributed by atoms with Crippen molar-refractivity contribution in [1.82, 2.24) is 4.57 Å². The molecule has 0 spiro atoms. The number of aromatic hydroxyl groups is 1. The minimum Gasteiger partial charge on any atom is -0.506 e. The largest absolute Gasteiger partial charge is 0.506 e. The van der Waals surface area contributed by atoms with Crippen LogP contribution in [-0.4, -0.2) is 20.7 Å². The normalized spacial score (nSPS) is 16.1. The molecule has 1 unspecified atom stereocenters. The number of nitrogens with zero attached hydrogens (tertiary/aromatic N) is 1. The number of carboxylic acid groups (broad SMARTS) is 1. The van der Waals surface area contributed by atoms with Crippen LogP contribution in [-0.2, 0) is 12.8 Å². The number of aromatic nitrogens is 1. The third kappa shape index (κ3) is 3.65. The van der Waals surface area contributed by atoms with Crippen molar-refractivity contribution in [3.63, 3.8) is 0 Å². The van der Waals surface area contributed by atoms with Gasteiger partial charge in [-0.3, -0.25) is 0 Å². The van der Waals surface area contributed by atoms with E-state index in [1.54, 1.807) is 30.3 Å². The average molecular weight is 410 g/mol. The van der Waals surface area contributed by atoms with Gasteiger partial charge in [0.05, 0.1) is 16.3 Å². The van der Waals surface area contributed by atoms with Gasteiger partial charge in [-0.2, -0.15) is 0 Å². The highest BCUT2D eigenvalue weighted by atomic mass is 35.5. The summed E-state index contributed by atoms with van der Waals surface area (Å²) in [6.07, 6.45) is 3.07. The molecular formula is C24H24ClNO3. The van der Waals surface area contributed by atoms with E-state index < -0.39 is 5.97 Å². The third-order valence-electron chi connectivity index (χ3n) is 5.96. The molecule has 29 heavy (non-hydrogen) atoms. The molecule has 0 aliphatic heterocycles. The lowest BCUT2D eigenvalue weighted by atomic mass is 9.81. The van der Waals surface area contributed by atoms with E-state index in [2.05, 4.69) is 24.5 Å². The fourth-order valence-corrected chi connectivity index (χ4v) is 4.46. The van der Waals surface area contributed by atoms with Gasteiger partial charge in [-0.25, -0.2) is 4.79 Å². The van der Waals surface area contributed by atoms with Crippen LogP contribution >= 0.6 is 11.6 Å². The van der Waals surface area contributed by atoms with Crippen molar-refractivity contribution in [2.75, 3.05) is 0 Å². The minimum absolute atomic E-state index is 0.0473. The highest BCUT2D eigenvalue weighted by molar-refractivity contribution is 6.32. The molecule has 0 bridgehead atoms. The first-order chi connectivity index (χ1) is 13.8. The number of phenols is 1. The van der Waals surface area contributed by atoms with Crippen molar-refractivity contribution in [3.05, 3.63) is 70.4 Å². The number of phenolic OH excluding ortho intramolecular Hbond substituents is 1. The van der Waals surface area contributed by atoms with E-state index >= 15 is 0 Å². The summed E-state index contributed by atoms with van der Waals surface area (Å²) in [6.45, 7) is 4.54. The lowest BCUT2D eigenvalue weighted by Gasteiger charge is -2.27. The van der Waals surface area contributed by atoms with E-state index in [4.69, 9.17) is 11.6 Å². The molecule has 3 aromatic rings. The van der Waals surface area contributed by atoms with Crippen molar-refractivity contribution in [2.24, 2.45) is 11.8 Å². The lowest BCUT2D eigenvalue weighted by molar-refractivity contribution is 0.0697. The van der Waals surface area contributed by atoms with Crippen LogP contribution in [0.25, 0.3) is 16.9 Å². The Morgan fingerprint density at radius 2 is 1.97 bits per heavy atom. The van der Waals surface area contributed by atoms with Crippen molar-refractivity contribution < 1.29 is 15.0 Å². The second-order valence-electron chi connectivity index (χ2n) is 8.11. The summed E-state index contributed by atoms with van der Waals surface area (Å²) in [6, 6.07) is 14.4. The number of halogens is 1. The molecule has 4 nitrogen and oxygen atoms in total. The Balaban J connectivity index is 1.92. The van der Waals surface area contributed by atoms with E-state index in [0.29, 0.717) is 16.9 Å². The number of fused-ring (bicyclic) bond motifs is 1. The Morgan fingerprint density at radius 1 is 1.17 bits per heavy atom. The predicted octanol–water partition coefficient (Wildman–Crippen LogP) is 5.96. The molecule has 1 heterocycles. The fraction of sp³-hybridized carbons (Fsp3) is 0.292. The van der Waals surface area contributed by atoms with Gasteiger partial charge < -0.3 is 14.8 Å². The first-order valence-corrected chi connectivity index (χ1v) is 10.3. The standard InChI is InChI=1S/C24H24ClNO3/c1-14(2)15-6-8-21-18(10-15)13-22(16-7-9-23(27)20(25)12-16)26(21)19-5-3-4-17(11-19)24(28)29/h3-5,7,9,11-15,27H,6,8,10H2,1-2H3,(H,28,29). The Hall–Kier alpha value is -2.72. The van der Waals surface area contributed by atoms with Crippen LogP contribution in [0.3, 0.4) is 0 Å². The molecule has 0 radical (unpaired) electrons. The van der Waals surface area contributed by atoms with Gasteiger partial charge in [-0.1, -0.05) is 31.5 Å². The maximum Gasteiger partial charge on any atom is 0.335 e. The molecule has 5 heteroatoms. The van der Waals surface area contributed by atoms with E-state index in [1.807, 2.05) is 12.1 Å². The summed E-state index contributed by atoms with van der Waals surface area (Å²) in [4.78, 5) is 11.5. The highest BCUT2D eigenvalue weighted by Gasteiger charge is 2.27. The molecule has 2 N–H and O–H groups in total. The number of aromatic carboxylic acids is 1. The third-order valence-corrected chi connectivity index (χ3v) is 6.27. The van der Waals surface area contributed by atoms with E-state index in [9.17, 15) is 15.0 Å². The van der Waals surface area contributed by atoms with Crippen LogP contribution in [0.15, 0.2) is 48.5 Å². The van der Waals surface area contributed by atoms with Crippen molar-refractivity contribution >= 4 is 17.6 Å². The van der Waals surface area contributed by atoms with Crippen molar-refractivity contribution in [1.29, 1.82) is 0 Å². The van der Waals surface area contributed by atoms with Crippen LogP contribution in [0.4, 0.5) is 0 Å². The second-order valence-corrected chi connectivity index (χ2v) is 8.51. The number of carbonyl (C=O) groups is 1. The molecule has 1 aliphatic rings. The Kier molecular flexibility index (Phi) is 5.13. The van der Waals surface area contributed by atoms with E-state index in [1.165, 1.54) is 11.3 Å². The first-order valence-electron chi connectivity index (χ1n) is 9.91. The predicted molar refractivity (Wildman–Crippen MR) is 115 cm³/mol. The van der Waals surface area contributed by atoms with Crippen molar-refractivity contribution in [2.45, 2.75) is 33.1 Å². The molecule has 1 atom stereocenters. The van der Waals surface area contributed by atoms with Crippen LogP contribution < -0.4 is 0 Å². The van der Waals surface area contributed by atoms with E-state index in [0.717, 1.165) is 36.2 Å². The summed E-state index contributed by atoms with van der Waals surface area (Å²) in [5.41, 5.74) is 5.47. The topological polar surface area (TPSA) is 62.5 Å². The Labute approximate surface area is 175 Å². The zero-order chi connectivity index (χ0) is 20.7. The van der Waals surface area contributed by atoms with Crippen LogP contribution in [0, 0.1) is 11.8 Å². The second kappa shape index (κ2) is 7.60. The molecule has 0 amide bonds. The molecule has 0 saturated carbocycles. The summed E-state index contributed by atoms with van der Waals surface area (Å²) >= 11 is 6.18. The van der Waals surface area contributed by atoms with Gasteiger partial charge in [0, 0.05) is 16.9 Å². The van der Waals surface area contributed by atoms with Crippen molar-refractivity contribution in [3.8, 4) is 22.7 Å². The maximum absolute atomic E-state index is 11.5. The van der Waals surface area contributed by atoms with Crippen LogP contribution in [0.2, 0.25) is 5.02 Å². The van der Waals surface area contributed by atoms with Crippen LogP contribution in [0.1, 0.15) is 41.9 Å². The summed E-state index contributed by atoms with van der Waals surface area (Å²) in [5, 5.41) is 19.6. The molecule has 2 aromatic carbocycles. The SMILES string of the molecule is CC(C)C1CCc2c(cc(-c3ccc(O)c(Cl)c3)n2-c2cccc(C(=O)O)c2)C1. The summed E-state index contributed by atoms with van der Waals surface area (Å²) < 4.78 is 2.15. The molecule has 1 aliphatic carbocycles. The zero-order valence-corrected chi connectivity index (χ0v) is 17.3. The van der Waals surface area contributed by atoms with Gasteiger partial charge in [0.15, 0.2) is 0 Å². The smallest absolute Gasteiger partial charge is 0.335 e. The number of benzene rings is 2. The molecule has 150 valence electrons. The van der Waals surface area contributed by atoms with Gasteiger partial charge in [0.1, 0.15) is 5.75 Å². The van der Waals surface area contributed by atoms with Gasteiger partial charge in [0.2, 0.25) is 0 Å². The lowest BCUT2D eigenvalue weighted by Crippen LogP contribution is -2.20. The van der Waals surface area contributed by atoms with Gasteiger partial charge in [-0.15, -0.1) is 0 Å². The molecule has 4 rings (SSSR count). The molecule has 0 fully saturated rings. The molecule has 0 saturated heterocycles. The Bertz CT molecular complexity index is 1080. The number of rotatable bonds is 4. The number of hydrogen-bond donors (Lipinski definition) is 2. The monoisotopic (exact) mass is 409 g/mol. The quantitative estimate of drug-likeness (QED) is 0.558. The summed E-state index contributed by atoms with van der Waals surface area (Å²) in [7, 11) is 0. The number of hydrogen-bond acceptors (Lipinski definition) is 2. The maximum atomic E-state index is 11.5. The van der Waals surface area contributed by atoms with E-state index in [-0.39, 0.29) is 11.3 Å². The summed E-state index contributed by atoms with van der Waals surface area (Å²) in [5.74, 6) is 0.362. The van der Waals surface area contributed by atoms with Crippen LogP contribution in [0.5, 0.6) is 5.75 Å². The molecular weight excluding hydrogens is 386 g/mol. The fourth-order valence-electron chi connectivity index (χ4n) is 4.28. The average Bonchev–Trinajstić information content (AvgIpc) is 3.08. The minimum atomic E-state index is -0.943. The Morgan fingerprint density at radius 3 is 2.66 bits per heavy atom. The first kappa shape index (κ1) is 19.6. The van der Waals surface area contributed by atoms with Gasteiger partial charge in [0.25, 0.3) is 0 Å². The highest BCUT2D eigenvalue weighted by Crippen LogP contribution is 2.39. The van der Waals surface area contributed by atoms with Gasteiger partial charge in [-0.05, 0) is 79.1 Å². The molecule has 1 aromatic heterocycles. The zero-order valence-electron chi connectivity index (χ0n) is 16.5.